The van der Waals surface area contributed by atoms with E-state index in [4.69, 9.17) is 4.74 Å². The van der Waals surface area contributed by atoms with E-state index >= 15 is 0 Å². The number of esters is 1. The first-order chi connectivity index (χ1) is 15.9. The van der Waals surface area contributed by atoms with Gasteiger partial charge in [-0.05, 0) is 80.6 Å². The number of ketones is 1. The molecule has 4 aliphatic carbocycles. The van der Waals surface area contributed by atoms with E-state index in [0.717, 1.165) is 44.4 Å². The van der Waals surface area contributed by atoms with Gasteiger partial charge in [-0.25, -0.2) is 0 Å². The molecule has 186 valence electrons. The van der Waals surface area contributed by atoms with Crippen molar-refractivity contribution in [2.75, 3.05) is 0 Å². The number of unbranched alkanes of at least 4 members (excludes halogenated alkanes) is 7. The van der Waals surface area contributed by atoms with Crippen LogP contribution in [0, 0.1) is 28.6 Å². The molecule has 33 heavy (non-hydrogen) atoms. The minimum absolute atomic E-state index is 0.0431. The molecule has 4 rings (SSSR count). The highest BCUT2D eigenvalue weighted by molar-refractivity contribution is 5.91. The zero-order valence-corrected chi connectivity index (χ0v) is 21.6. The van der Waals surface area contributed by atoms with Crippen molar-refractivity contribution in [3.8, 4) is 0 Å². The summed E-state index contributed by atoms with van der Waals surface area (Å²) in [5.74, 6) is 2.49. The van der Waals surface area contributed by atoms with Gasteiger partial charge in [0.05, 0.1) is 0 Å². The summed E-state index contributed by atoms with van der Waals surface area (Å²) < 4.78 is 6.17. The first-order valence-electron chi connectivity index (χ1n) is 14.3. The maximum Gasteiger partial charge on any atom is 0.306 e. The molecule has 6 atom stereocenters. The monoisotopic (exact) mass is 456 g/mol. The lowest BCUT2D eigenvalue weighted by atomic mass is 9.47. The van der Waals surface area contributed by atoms with E-state index in [1.165, 1.54) is 69.8 Å². The Balaban J connectivity index is 1.27. The Bertz CT molecular complexity index is 739. The lowest BCUT2D eigenvalue weighted by Crippen LogP contribution is -2.51. The number of carbonyl (C=O) groups is 2. The van der Waals surface area contributed by atoms with Crippen LogP contribution >= 0.6 is 0 Å². The number of carbonyl (C=O) groups excluding carboxylic acids is 2. The fourth-order valence-electron chi connectivity index (χ4n) is 8.33. The fraction of sp³-hybridized carbons (Fsp3) is 0.867. The maximum absolute atomic E-state index is 12.7. The third kappa shape index (κ3) is 5.13. The molecule has 0 bridgehead atoms. The van der Waals surface area contributed by atoms with E-state index in [9.17, 15) is 9.59 Å². The van der Waals surface area contributed by atoms with E-state index in [1.54, 1.807) is 0 Å². The van der Waals surface area contributed by atoms with Crippen LogP contribution in [0.2, 0.25) is 0 Å². The third-order valence-corrected chi connectivity index (χ3v) is 10.4. The van der Waals surface area contributed by atoms with Crippen LogP contribution in [-0.2, 0) is 14.3 Å². The van der Waals surface area contributed by atoms with Gasteiger partial charge in [-0.15, -0.1) is 0 Å². The number of rotatable bonds is 10. The van der Waals surface area contributed by atoms with Gasteiger partial charge in [0.15, 0.2) is 5.78 Å². The predicted molar refractivity (Wildman–Crippen MR) is 134 cm³/mol. The lowest BCUT2D eigenvalue weighted by Gasteiger charge is -2.57. The molecule has 0 unspecified atom stereocenters. The Morgan fingerprint density at radius 3 is 2.39 bits per heavy atom. The van der Waals surface area contributed by atoms with Crippen molar-refractivity contribution in [2.24, 2.45) is 28.6 Å². The normalized spacial score (nSPS) is 37.7. The molecule has 0 radical (unpaired) electrons. The van der Waals surface area contributed by atoms with Gasteiger partial charge in [-0.1, -0.05) is 71.3 Å². The smallest absolute Gasteiger partial charge is 0.306 e. The molecule has 0 aromatic heterocycles. The average Bonchev–Trinajstić information content (AvgIpc) is 3.12. The Labute approximate surface area is 202 Å². The highest BCUT2D eigenvalue weighted by Crippen LogP contribution is 2.65. The van der Waals surface area contributed by atoms with Crippen molar-refractivity contribution in [3.63, 3.8) is 0 Å². The Morgan fingerprint density at radius 1 is 0.909 bits per heavy atom. The van der Waals surface area contributed by atoms with Crippen molar-refractivity contribution < 1.29 is 14.3 Å². The van der Waals surface area contributed by atoms with Crippen LogP contribution in [0.3, 0.4) is 0 Å². The molecular formula is C30H48O3. The molecule has 0 saturated heterocycles. The first-order valence-corrected chi connectivity index (χ1v) is 14.3. The number of hydrogen-bond acceptors (Lipinski definition) is 3. The summed E-state index contributed by atoms with van der Waals surface area (Å²) in [5.41, 5.74) is 1.82. The summed E-state index contributed by atoms with van der Waals surface area (Å²) >= 11 is 0. The SMILES string of the molecule is CCCCCCCCCCC(=O)O[C@@H]1CC[C@@H]2[C@H]3CCC4=CC(=O)CC[C@@]4(C)[C@@H]3CC[C@]21C. The van der Waals surface area contributed by atoms with Gasteiger partial charge in [-0.2, -0.15) is 0 Å². The topological polar surface area (TPSA) is 43.4 Å². The summed E-state index contributed by atoms with van der Waals surface area (Å²) in [6, 6.07) is 0. The molecule has 0 amide bonds. The Hall–Kier alpha value is -1.12. The van der Waals surface area contributed by atoms with Gasteiger partial charge in [0, 0.05) is 18.3 Å². The number of hydrogen-bond donors (Lipinski definition) is 0. The summed E-state index contributed by atoms with van der Waals surface area (Å²) in [4.78, 5) is 24.7. The second-order valence-electron chi connectivity index (χ2n) is 12.3. The maximum atomic E-state index is 12.7. The van der Waals surface area contributed by atoms with Gasteiger partial charge in [-0.3, -0.25) is 9.59 Å². The average molecular weight is 457 g/mol. The van der Waals surface area contributed by atoms with Crippen LogP contribution in [0.15, 0.2) is 11.6 Å². The second-order valence-corrected chi connectivity index (χ2v) is 12.3. The summed E-state index contributed by atoms with van der Waals surface area (Å²) in [6.45, 7) is 7.13. The van der Waals surface area contributed by atoms with Crippen LogP contribution in [0.1, 0.15) is 130 Å². The summed E-state index contributed by atoms with van der Waals surface area (Å²) in [5, 5.41) is 0. The number of allylic oxidation sites excluding steroid dienone is 1. The zero-order valence-electron chi connectivity index (χ0n) is 21.6. The van der Waals surface area contributed by atoms with E-state index in [-0.39, 0.29) is 22.9 Å². The van der Waals surface area contributed by atoms with Gasteiger partial charge in [0.25, 0.3) is 0 Å². The minimum Gasteiger partial charge on any atom is -0.462 e. The van der Waals surface area contributed by atoms with Gasteiger partial charge in [0.1, 0.15) is 6.10 Å². The van der Waals surface area contributed by atoms with Gasteiger partial charge in [0.2, 0.25) is 0 Å². The Kier molecular flexibility index (Phi) is 8.06. The van der Waals surface area contributed by atoms with Gasteiger partial charge >= 0.3 is 5.97 Å². The molecule has 3 fully saturated rings. The van der Waals surface area contributed by atoms with E-state index in [1.807, 2.05) is 6.08 Å². The molecule has 0 aromatic rings. The number of fused-ring (bicyclic) bond motifs is 5. The van der Waals surface area contributed by atoms with E-state index in [2.05, 4.69) is 20.8 Å². The summed E-state index contributed by atoms with van der Waals surface area (Å²) in [7, 11) is 0. The van der Waals surface area contributed by atoms with E-state index in [0.29, 0.717) is 24.0 Å². The molecule has 0 aromatic carbocycles. The van der Waals surface area contributed by atoms with Crippen LogP contribution in [-0.4, -0.2) is 17.9 Å². The molecule has 3 heteroatoms. The predicted octanol–water partition coefficient (Wildman–Crippen LogP) is 7.96. The van der Waals surface area contributed by atoms with Crippen molar-refractivity contribution in [2.45, 2.75) is 136 Å². The van der Waals surface area contributed by atoms with Crippen molar-refractivity contribution in [3.05, 3.63) is 11.6 Å². The van der Waals surface area contributed by atoms with Crippen LogP contribution in [0.5, 0.6) is 0 Å². The number of ether oxygens (including phenoxy) is 1. The van der Waals surface area contributed by atoms with Crippen LogP contribution in [0.25, 0.3) is 0 Å². The van der Waals surface area contributed by atoms with Crippen LogP contribution in [0.4, 0.5) is 0 Å². The molecule has 0 spiro atoms. The molecule has 0 aliphatic heterocycles. The minimum atomic E-state index is 0.0431. The van der Waals surface area contributed by atoms with Crippen molar-refractivity contribution in [1.82, 2.24) is 0 Å². The largest absolute Gasteiger partial charge is 0.462 e. The zero-order chi connectivity index (χ0) is 23.5. The highest BCUT2D eigenvalue weighted by Gasteiger charge is 2.59. The summed E-state index contributed by atoms with van der Waals surface area (Å²) in [6.07, 6.45) is 21.5. The lowest BCUT2D eigenvalue weighted by molar-refractivity contribution is -0.160. The van der Waals surface area contributed by atoms with E-state index < -0.39 is 0 Å². The van der Waals surface area contributed by atoms with Gasteiger partial charge < -0.3 is 4.74 Å². The molecular weight excluding hydrogens is 408 g/mol. The Morgan fingerprint density at radius 2 is 1.64 bits per heavy atom. The molecule has 3 nitrogen and oxygen atoms in total. The van der Waals surface area contributed by atoms with Crippen molar-refractivity contribution >= 4 is 11.8 Å². The van der Waals surface area contributed by atoms with Crippen LogP contribution < -0.4 is 0 Å². The standard InChI is InChI=1S/C30H48O3/c1-4-5-6-7-8-9-10-11-12-28(32)33-27-16-15-25-24-14-13-22-21-23(31)17-19-29(22,2)26(24)18-20-30(25,27)3/h21,24-27H,4-20H2,1-3H3/t24-,25-,26-,27-,29-,30-/m1/s1. The fourth-order valence-corrected chi connectivity index (χ4v) is 8.33. The highest BCUT2D eigenvalue weighted by atomic mass is 16.5. The third-order valence-electron chi connectivity index (χ3n) is 10.4. The van der Waals surface area contributed by atoms with Crippen molar-refractivity contribution in [1.29, 1.82) is 0 Å². The first kappa shape index (κ1) is 25.0. The molecule has 3 saturated carbocycles. The molecule has 0 N–H and O–H groups in total. The second kappa shape index (κ2) is 10.6. The molecule has 0 heterocycles. The quantitative estimate of drug-likeness (QED) is 0.247. The molecule has 4 aliphatic rings.